The average molecular weight is 198 g/mol. The van der Waals surface area contributed by atoms with E-state index in [0.29, 0.717) is 5.41 Å². The first kappa shape index (κ1) is 10.2. The summed E-state index contributed by atoms with van der Waals surface area (Å²) in [4.78, 5) is 0. The minimum atomic E-state index is 0.494. The van der Waals surface area contributed by atoms with Crippen LogP contribution in [0.1, 0.15) is 42.9 Å². The maximum Gasteiger partial charge on any atom is -0.0105 e. The molecule has 0 radical (unpaired) electrons. The van der Waals surface area contributed by atoms with E-state index < -0.39 is 0 Å². The first-order valence-corrected chi connectivity index (χ1v) is 5.47. The van der Waals surface area contributed by atoms with Crippen molar-refractivity contribution in [3.8, 4) is 0 Å². The van der Waals surface area contributed by atoms with Crippen molar-refractivity contribution in [1.29, 1.82) is 0 Å². The molecule has 0 aromatic heterocycles. The second-order valence-corrected chi connectivity index (χ2v) is 5.04. The van der Waals surface area contributed by atoms with Gasteiger partial charge in [0, 0.05) is 0 Å². The molecule has 0 spiro atoms. The van der Waals surface area contributed by atoms with Gasteiger partial charge in [-0.15, -0.1) is 0 Å². The fourth-order valence-corrected chi connectivity index (χ4v) is 2.21. The normalized spacial score (nSPS) is 22.1. The van der Waals surface area contributed by atoms with Crippen LogP contribution in [0.2, 0.25) is 0 Å². The lowest BCUT2D eigenvalue weighted by Crippen LogP contribution is -1.91. The Morgan fingerprint density at radius 1 is 1.20 bits per heavy atom. The van der Waals surface area contributed by atoms with Gasteiger partial charge in [0.05, 0.1) is 0 Å². The van der Waals surface area contributed by atoms with E-state index in [-0.39, 0.29) is 0 Å². The first-order valence-electron chi connectivity index (χ1n) is 5.47. The van der Waals surface area contributed by atoms with Gasteiger partial charge < -0.3 is 0 Å². The van der Waals surface area contributed by atoms with E-state index in [0.717, 1.165) is 5.92 Å². The summed E-state index contributed by atoms with van der Waals surface area (Å²) in [6, 6.07) is 6.63. The van der Waals surface area contributed by atoms with Crippen LogP contribution < -0.4 is 0 Å². The second kappa shape index (κ2) is 3.37. The predicted octanol–water partition coefficient (Wildman–Crippen LogP) is 4.49. The number of rotatable bonds is 3. The highest BCUT2D eigenvalue weighted by Crippen LogP contribution is 2.58. The van der Waals surface area contributed by atoms with E-state index in [1.165, 1.54) is 23.1 Å². The SMILES string of the molecule is C=Cc1ccc(C2CC2(C)C)cc1C=C. The molecule has 1 saturated carbocycles. The Hall–Kier alpha value is -1.30. The summed E-state index contributed by atoms with van der Waals surface area (Å²) < 4.78 is 0. The van der Waals surface area contributed by atoms with E-state index >= 15 is 0 Å². The Morgan fingerprint density at radius 2 is 1.80 bits per heavy atom. The molecule has 0 heterocycles. The molecule has 15 heavy (non-hydrogen) atoms. The van der Waals surface area contributed by atoms with Crippen LogP contribution in [0.3, 0.4) is 0 Å². The Morgan fingerprint density at radius 3 is 2.27 bits per heavy atom. The molecule has 0 heteroatoms. The van der Waals surface area contributed by atoms with Gasteiger partial charge in [0.15, 0.2) is 0 Å². The van der Waals surface area contributed by atoms with Crippen molar-refractivity contribution in [3.05, 3.63) is 48.0 Å². The minimum Gasteiger partial charge on any atom is -0.0984 e. The zero-order chi connectivity index (χ0) is 11.1. The molecule has 1 aromatic rings. The van der Waals surface area contributed by atoms with Crippen LogP contribution in [0.15, 0.2) is 31.4 Å². The van der Waals surface area contributed by atoms with Gasteiger partial charge in [0.2, 0.25) is 0 Å². The molecule has 1 atom stereocenters. The van der Waals surface area contributed by atoms with Crippen LogP contribution in [0.4, 0.5) is 0 Å². The Balaban J connectivity index is 2.36. The van der Waals surface area contributed by atoms with Gasteiger partial charge in [-0.05, 0) is 34.4 Å². The minimum absolute atomic E-state index is 0.494. The lowest BCUT2D eigenvalue weighted by molar-refractivity contribution is 0.621. The maximum absolute atomic E-state index is 3.85. The van der Waals surface area contributed by atoms with Gasteiger partial charge in [-0.1, -0.05) is 57.4 Å². The quantitative estimate of drug-likeness (QED) is 0.671. The van der Waals surface area contributed by atoms with Gasteiger partial charge >= 0.3 is 0 Å². The number of benzene rings is 1. The van der Waals surface area contributed by atoms with Crippen molar-refractivity contribution in [2.45, 2.75) is 26.2 Å². The molecule has 1 aliphatic rings. The summed E-state index contributed by atoms with van der Waals surface area (Å²) in [6.45, 7) is 12.3. The van der Waals surface area contributed by atoms with Gasteiger partial charge in [0.1, 0.15) is 0 Å². The Bertz CT molecular complexity index is 410. The summed E-state index contributed by atoms with van der Waals surface area (Å²) in [7, 11) is 0. The highest BCUT2D eigenvalue weighted by molar-refractivity contribution is 5.64. The van der Waals surface area contributed by atoms with Gasteiger partial charge in [-0.2, -0.15) is 0 Å². The molecule has 0 N–H and O–H groups in total. The first-order chi connectivity index (χ1) is 7.08. The monoisotopic (exact) mass is 198 g/mol. The Kier molecular flexibility index (Phi) is 2.30. The summed E-state index contributed by atoms with van der Waals surface area (Å²) in [5, 5.41) is 0. The molecule has 0 amide bonds. The van der Waals surface area contributed by atoms with Crippen LogP contribution in [0, 0.1) is 5.41 Å². The summed E-state index contributed by atoms with van der Waals surface area (Å²) in [6.07, 6.45) is 5.10. The molecule has 78 valence electrons. The highest BCUT2D eigenvalue weighted by Gasteiger charge is 2.46. The summed E-state index contributed by atoms with van der Waals surface area (Å²) in [5.74, 6) is 0.732. The van der Waals surface area contributed by atoms with Crippen molar-refractivity contribution < 1.29 is 0 Å². The molecule has 0 nitrogen and oxygen atoms in total. The molecule has 2 rings (SSSR count). The zero-order valence-corrected chi connectivity index (χ0v) is 9.59. The highest BCUT2D eigenvalue weighted by atomic mass is 14.5. The van der Waals surface area contributed by atoms with Crippen LogP contribution in [-0.2, 0) is 0 Å². The van der Waals surface area contributed by atoms with Crippen molar-refractivity contribution in [2.75, 3.05) is 0 Å². The molecular weight excluding hydrogens is 180 g/mol. The Labute approximate surface area is 92.3 Å². The van der Waals surface area contributed by atoms with E-state index in [1.807, 2.05) is 12.2 Å². The van der Waals surface area contributed by atoms with Crippen LogP contribution in [-0.4, -0.2) is 0 Å². The van der Waals surface area contributed by atoms with Gasteiger partial charge in [0.25, 0.3) is 0 Å². The third kappa shape index (κ3) is 1.77. The fraction of sp³-hybridized carbons (Fsp3) is 0.333. The maximum atomic E-state index is 3.85. The molecule has 1 aromatic carbocycles. The van der Waals surface area contributed by atoms with E-state index in [9.17, 15) is 0 Å². The zero-order valence-electron chi connectivity index (χ0n) is 9.59. The fourth-order valence-electron chi connectivity index (χ4n) is 2.21. The van der Waals surface area contributed by atoms with Crippen LogP contribution in [0.25, 0.3) is 12.2 Å². The predicted molar refractivity (Wildman–Crippen MR) is 67.8 cm³/mol. The molecule has 1 fully saturated rings. The molecule has 0 saturated heterocycles. The van der Waals surface area contributed by atoms with Crippen molar-refractivity contribution in [3.63, 3.8) is 0 Å². The molecule has 1 unspecified atom stereocenters. The van der Waals surface area contributed by atoms with Crippen molar-refractivity contribution >= 4 is 12.2 Å². The number of hydrogen-bond donors (Lipinski definition) is 0. The molecule has 0 bridgehead atoms. The molecular formula is C15H18. The van der Waals surface area contributed by atoms with Gasteiger partial charge in [-0.25, -0.2) is 0 Å². The van der Waals surface area contributed by atoms with E-state index in [2.05, 4.69) is 45.2 Å². The smallest absolute Gasteiger partial charge is 0.0105 e. The van der Waals surface area contributed by atoms with Crippen molar-refractivity contribution in [1.82, 2.24) is 0 Å². The molecule has 0 aliphatic heterocycles. The second-order valence-electron chi connectivity index (χ2n) is 5.04. The summed E-state index contributed by atoms with van der Waals surface area (Å²) in [5.41, 5.74) is 4.31. The average Bonchev–Trinajstić information content (AvgIpc) is 2.86. The number of hydrogen-bond acceptors (Lipinski definition) is 0. The van der Waals surface area contributed by atoms with Crippen LogP contribution >= 0.6 is 0 Å². The summed E-state index contributed by atoms with van der Waals surface area (Å²) >= 11 is 0. The van der Waals surface area contributed by atoms with Crippen molar-refractivity contribution in [2.24, 2.45) is 5.41 Å². The third-order valence-corrected chi connectivity index (χ3v) is 3.47. The topological polar surface area (TPSA) is 0 Å². The third-order valence-electron chi connectivity index (χ3n) is 3.47. The van der Waals surface area contributed by atoms with E-state index in [1.54, 1.807) is 0 Å². The van der Waals surface area contributed by atoms with Gasteiger partial charge in [-0.3, -0.25) is 0 Å². The van der Waals surface area contributed by atoms with E-state index in [4.69, 9.17) is 0 Å². The molecule has 1 aliphatic carbocycles. The van der Waals surface area contributed by atoms with Crippen LogP contribution in [0.5, 0.6) is 0 Å². The largest absolute Gasteiger partial charge is 0.0984 e. The lowest BCUT2D eigenvalue weighted by Gasteiger charge is -2.07. The lowest BCUT2D eigenvalue weighted by atomic mass is 9.98. The standard InChI is InChI=1S/C15H18/c1-5-11-7-8-13(9-12(11)6-2)14-10-15(14,3)4/h5-9,14H,1-2,10H2,3-4H3.